The number of hydrogen-bond acceptors (Lipinski definition) is 5. The second-order valence-corrected chi connectivity index (χ2v) is 9.25. The maximum absolute atomic E-state index is 11.9. The first kappa shape index (κ1) is 20.5. The summed E-state index contributed by atoms with van der Waals surface area (Å²) in [5, 5.41) is 11.7. The molecule has 6 nitrogen and oxygen atoms in total. The summed E-state index contributed by atoms with van der Waals surface area (Å²) in [6, 6.07) is 1.51. The molecular weight excluding hydrogens is 378 g/mol. The number of nitrogens with zero attached hydrogens (tertiary/aromatic N) is 3. The van der Waals surface area contributed by atoms with Crippen molar-refractivity contribution in [3.05, 3.63) is 11.1 Å². The van der Waals surface area contributed by atoms with E-state index >= 15 is 0 Å². The lowest BCUT2D eigenvalue weighted by molar-refractivity contribution is -0.0387. The average Bonchev–Trinajstić information content (AvgIpc) is 3.03. The third kappa shape index (κ3) is 4.20. The number of halogens is 1. The van der Waals surface area contributed by atoms with Crippen LogP contribution >= 0.6 is 11.6 Å². The lowest BCUT2D eigenvalue weighted by Gasteiger charge is -2.45. The van der Waals surface area contributed by atoms with Crippen LogP contribution in [0, 0.1) is 5.92 Å². The van der Waals surface area contributed by atoms with E-state index in [9.17, 15) is 9.90 Å². The lowest BCUT2D eigenvalue weighted by Crippen LogP contribution is -2.54. The molecule has 0 aromatic carbocycles. The highest BCUT2D eigenvalue weighted by molar-refractivity contribution is 6.29. The van der Waals surface area contributed by atoms with Gasteiger partial charge in [0.1, 0.15) is 6.23 Å². The average molecular weight is 412 g/mol. The van der Waals surface area contributed by atoms with Gasteiger partial charge in [-0.2, -0.15) is 0 Å². The summed E-state index contributed by atoms with van der Waals surface area (Å²) in [5.74, 6) is 0.512. The molecule has 3 atom stereocenters. The maximum Gasteiger partial charge on any atom is 0.409 e. The van der Waals surface area contributed by atoms with E-state index < -0.39 is 0 Å². The Labute approximate surface area is 173 Å². The fourth-order valence-electron chi connectivity index (χ4n) is 5.82. The molecular formula is C21H34ClN3O3. The summed E-state index contributed by atoms with van der Waals surface area (Å²) in [4.78, 5) is 18.7. The molecule has 4 rings (SSSR count). The summed E-state index contributed by atoms with van der Waals surface area (Å²) >= 11 is 6.24. The van der Waals surface area contributed by atoms with Gasteiger partial charge >= 0.3 is 6.09 Å². The van der Waals surface area contributed by atoms with Gasteiger partial charge < -0.3 is 19.6 Å². The van der Waals surface area contributed by atoms with E-state index in [2.05, 4.69) is 15.9 Å². The minimum absolute atomic E-state index is 0.168. The molecule has 1 N–H and O–H groups in total. The highest BCUT2D eigenvalue weighted by atomic mass is 35.5. The molecule has 7 heteroatoms. The number of carbonyl (C=O) groups excluding carboxylic acids is 1. The molecule has 0 saturated carbocycles. The SMILES string of the molecule is CCOC(=O)N1CCC(N2CCC(N3C(O)CC4CC(Cl)=CCC43)CC2)CC1. The highest BCUT2D eigenvalue weighted by Crippen LogP contribution is 2.42. The van der Waals surface area contributed by atoms with Crippen LogP contribution in [0.25, 0.3) is 0 Å². The first-order chi connectivity index (χ1) is 13.6. The standard InChI is InChI=1S/C21H34ClN3O3/c1-2-28-21(27)24-11-5-17(6-12-24)23-9-7-18(8-10-23)25-19-4-3-16(22)13-15(19)14-20(25)26/h3,15,17-20,26H,2,4-14H2,1H3. The maximum atomic E-state index is 11.9. The zero-order valence-electron chi connectivity index (χ0n) is 16.9. The zero-order valence-corrected chi connectivity index (χ0v) is 17.7. The molecule has 158 valence electrons. The molecule has 3 heterocycles. The van der Waals surface area contributed by atoms with Crippen molar-refractivity contribution in [3.8, 4) is 0 Å². The molecule has 0 radical (unpaired) electrons. The molecule has 28 heavy (non-hydrogen) atoms. The summed E-state index contributed by atoms with van der Waals surface area (Å²) in [7, 11) is 0. The van der Waals surface area contributed by atoms with Gasteiger partial charge in [-0.05, 0) is 70.9 Å². The number of allylic oxidation sites excluding steroid dienone is 1. The molecule has 1 amide bonds. The summed E-state index contributed by atoms with van der Waals surface area (Å²) in [6.07, 6.45) is 8.75. The van der Waals surface area contributed by atoms with E-state index in [0.29, 0.717) is 30.7 Å². The quantitative estimate of drug-likeness (QED) is 0.773. The number of rotatable bonds is 3. The van der Waals surface area contributed by atoms with Crippen LogP contribution in [0.4, 0.5) is 4.79 Å². The topological polar surface area (TPSA) is 56.2 Å². The molecule has 0 aromatic heterocycles. The normalized spacial score (nSPS) is 33.6. The van der Waals surface area contributed by atoms with E-state index in [1.807, 2.05) is 11.8 Å². The Morgan fingerprint density at radius 3 is 2.54 bits per heavy atom. The number of ether oxygens (including phenoxy) is 1. The van der Waals surface area contributed by atoms with Crippen molar-refractivity contribution in [3.63, 3.8) is 0 Å². The van der Waals surface area contributed by atoms with Crippen LogP contribution in [0.1, 0.15) is 51.9 Å². The fraction of sp³-hybridized carbons (Fsp3) is 0.857. The van der Waals surface area contributed by atoms with Crippen molar-refractivity contribution in [2.45, 2.75) is 76.2 Å². The molecule has 3 fully saturated rings. The monoisotopic (exact) mass is 411 g/mol. The first-order valence-electron chi connectivity index (χ1n) is 11.0. The molecule has 0 bridgehead atoms. The van der Waals surface area contributed by atoms with Crippen molar-refractivity contribution in [2.75, 3.05) is 32.8 Å². The second-order valence-electron chi connectivity index (χ2n) is 8.77. The number of amides is 1. The summed E-state index contributed by atoms with van der Waals surface area (Å²) < 4.78 is 5.12. The van der Waals surface area contributed by atoms with Gasteiger partial charge in [0, 0.05) is 36.2 Å². The minimum atomic E-state index is -0.310. The number of aliphatic hydroxyl groups excluding tert-OH is 1. The van der Waals surface area contributed by atoms with Crippen molar-refractivity contribution >= 4 is 17.7 Å². The van der Waals surface area contributed by atoms with Crippen LogP contribution in [-0.4, -0.2) is 83.0 Å². The molecule has 1 aliphatic carbocycles. The Bertz CT molecular complexity index is 585. The number of likely N-dealkylation sites (tertiary alicyclic amines) is 3. The van der Waals surface area contributed by atoms with Crippen LogP contribution in [0.5, 0.6) is 0 Å². The van der Waals surface area contributed by atoms with E-state index in [1.54, 1.807) is 0 Å². The largest absolute Gasteiger partial charge is 0.450 e. The molecule has 3 aliphatic heterocycles. The summed E-state index contributed by atoms with van der Waals surface area (Å²) in [5.41, 5.74) is 0. The van der Waals surface area contributed by atoms with Crippen LogP contribution in [0.2, 0.25) is 0 Å². The first-order valence-corrected chi connectivity index (χ1v) is 11.4. The number of hydrogen-bond donors (Lipinski definition) is 1. The molecule has 3 saturated heterocycles. The Balaban J connectivity index is 1.27. The zero-order chi connectivity index (χ0) is 19.7. The van der Waals surface area contributed by atoms with Gasteiger partial charge in [-0.1, -0.05) is 17.7 Å². The predicted octanol–water partition coefficient (Wildman–Crippen LogP) is 3.00. The van der Waals surface area contributed by atoms with Gasteiger partial charge in [-0.15, -0.1) is 0 Å². The number of fused-ring (bicyclic) bond motifs is 1. The number of carbonyl (C=O) groups is 1. The van der Waals surface area contributed by atoms with Crippen LogP contribution in [0.3, 0.4) is 0 Å². The van der Waals surface area contributed by atoms with Crippen molar-refractivity contribution in [2.24, 2.45) is 5.92 Å². The molecule has 4 aliphatic rings. The van der Waals surface area contributed by atoms with Gasteiger partial charge in [0.25, 0.3) is 0 Å². The van der Waals surface area contributed by atoms with Crippen LogP contribution in [-0.2, 0) is 4.74 Å². The third-order valence-corrected chi connectivity index (χ3v) is 7.56. The summed E-state index contributed by atoms with van der Waals surface area (Å²) in [6.45, 7) is 6.07. The lowest BCUT2D eigenvalue weighted by atomic mass is 9.88. The Kier molecular flexibility index (Phi) is 6.50. The third-order valence-electron chi connectivity index (χ3n) is 7.25. The van der Waals surface area contributed by atoms with Crippen LogP contribution < -0.4 is 0 Å². The van der Waals surface area contributed by atoms with Gasteiger partial charge in [-0.3, -0.25) is 4.90 Å². The van der Waals surface area contributed by atoms with Crippen LogP contribution in [0.15, 0.2) is 11.1 Å². The van der Waals surface area contributed by atoms with Gasteiger partial charge in [0.15, 0.2) is 0 Å². The van der Waals surface area contributed by atoms with Gasteiger partial charge in [0.05, 0.1) is 6.61 Å². The number of piperidine rings is 2. The van der Waals surface area contributed by atoms with Crippen molar-refractivity contribution in [1.82, 2.24) is 14.7 Å². The van der Waals surface area contributed by atoms with Crippen molar-refractivity contribution in [1.29, 1.82) is 0 Å². The predicted molar refractivity (Wildman–Crippen MR) is 109 cm³/mol. The molecule has 0 aromatic rings. The smallest absolute Gasteiger partial charge is 0.409 e. The van der Waals surface area contributed by atoms with E-state index in [4.69, 9.17) is 16.3 Å². The van der Waals surface area contributed by atoms with E-state index in [-0.39, 0.29) is 12.3 Å². The Morgan fingerprint density at radius 1 is 1.18 bits per heavy atom. The van der Waals surface area contributed by atoms with Crippen molar-refractivity contribution < 1.29 is 14.6 Å². The fourth-order valence-corrected chi connectivity index (χ4v) is 6.11. The second kappa shape index (κ2) is 8.90. The number of aliphatic hydroxyl groups is 1. The van der Waals surface area contributed by atoms with Gasteiger partial charge in [-0.25, -0.2) is 4.79 Å². The minimum Gasteiger partial charge on any atom is -0.450 e. The highest BCUT2D eigenvalue weighted by Gasteiger charge is 2.45. The Hall–Kier alpha value is -0.820. The molecule has 0 spiro atoms. The molecule has 3 unspecified atom stereocenters. The van der Waals surface area contributed by atoms with E-state index in [0.717, 1.165) is 76.2 Å². The van der Waals surface area contributed by atoms with Gasteiger partial charge in [0.2, 0.25) is 0 Å². The van der Waals surface area contributed by atoms with E-state index in [1.165, 1.54) is 0 Å². The Morgan fingerprint density at radius 2 is 1.86 bits per heavy atom.